The SMILES string of the molecule is CC(Cc1nnc(SCC(=O)NCc2ccc(N3CCCC3=O)cc2)o1)c1ccccc1. The first-order valence-corrected chi connectivity index (χ1v) is 11.7. The van der Waals surface area contributed by atoms with E-state index < -0.39 is 0 Å². The Balaban J connectivity index is 1.20. The molecule has 1 fully saturated rings. The van der Waals surface area contributed by atoms with Crippen LogP contribution in [-0.2, 0) is 22.6 Å². The summed E-state index contributed by atoms with van der Waals surface area (Å²) in [6.07, 6.45) is 2.17. The van der Waals surface area contributed by atoms with Crippen LogP contribution >= 0.6 is 11.8 Å². The van der Waals surface area contributed by atoms with Crippen molar-refractivity contribution in [3.8, 4) is 0 Å². The van der Waals surface area contributed by atoms with E-state index in [1.54, 1.807) is 4.90 Å². The van der Waals surface area contributed by atoms with Gasteiger partial charge in [0.2, 0.25) is 17.7 Å². The second-order valence-corrected chi connectivity index (χ2v) is 8.78. The predicted octanol–water partition coefficient (Wildman–Crippen LogP) is 3.95. The summed E-state index contributed by atoms with van der Waals surface area (Å²) in [5.41, 5.74) is 3.11. The first kappa shape index (κ1) is 22.1. The molecule has 8 heteroatoms. The molecule has 1 aromatic heterocycles. The van der Waals surface area contributed by atoms with Crippen LogP contribution in [0.25, 0.3) is 0 Å². The maximum Gasteiger partial charge on any atom is 0.277 e. The van der Waals surface area contributed by atoms with Crippen LogP contribution in [0.1, 0.15) is 42.7 Å². The zero-order valence-electron chi connectivity index (χ0n) is 18.0. The Hall–Kier alpha value is -3.13. The van der Waals surface area contributed by atoms with Crippen molar-refractivity contribution in [1.82, 2.24) is 15.5 Å². The summed E-state index contributed by atoms with van der Waals surface area (Å²) in [6.45, 7) is 3.32. The molecule has 1 aliphatic heterocycles. The molecule has 2 aromatic carbocycles. The van der Waals surface area contributed by atoms with Crippen molar-refractivity contribution in [2.45, 2.75) is 43.9 Å². The standard InChI is InChI=1S/C24H26N4O3S/c1-17(19-6-3-2-4-7-19)14-22-26-27-24(31-22)32-16-21(29)25-15-18-9-11-20(12-10-18)28-13-5-8-23(28)30/h2-4,6-7,9-12,17H,5,8,13-16H2,1H3,(H,25,29). The van der Waals surface area contributed by atoms with Crippen LogP contribution in [0, 0.1) is 0 Å². The highest BCUT2D eigenvalue weighted by Crippen LogP contribution is 2.23. The summed E-state index contributed by atoms with van der Waals surface area (Å²) >= 11 is 1.23. The van der Waals surface area contributed by atoms with Crippen molar-refractivity contribution >= 4 is 29.3 Å². The van der Waals surface area contributed by atoms with Crippen molar-refractivity contribution in [1.29, 1.82) is 0 Å². The summed E-state index contributed by atoms with van der Waals surface area (Å²) in [4.78, 5) is 25.8. The van der Waals surface area contributed by atoms with Gasteiger partial charge in [-0.2, -0.15) is 0 Å². The third-order valence-corrected chi connectivity index (χ3v) is 6.25. The molecule has 0 saturated carbocycles. The molecular formula is C24H26N4O3S. The van der Waals surface area contributed by atoms with Crippen LogP contribution in [0.3, 0.4) is 0 Å². The van der Waals surface area contributed by atoms with Crippen LogP contribution in [0.5, 0.6) is 0 Å². The molecule has 0 bridgehead atoms. The molecule has 1 unspecified atom stereocenters. The molecular weight excluding hydrogens is 424 g/mol. The van der Waals surface area contributed by atoms with Gasteiger partial charge in [-0.25, -0.2) is 0 Å². The molecule has 1 aliphatic rings. The van der Waals surface area contributed by atoms with Crippen molar-refractivity contribution in [2.75, 3.05) is 17.2 Å². The highest BCUT2D eigenvalue weighted by Gasteiger charge is 2.21. The highest BCUT2D eigenvalue weighted by atomic mass is 32.2. The van der Waals surface area contributed by atoms with Gasteiger partial charge < -0.3 is 14.6 Å². The van der Waals surface area contributed by atoms with Gasteiger partial charge in [0.25, 0.3) is 5.22 Å². The van der Waals surface area contributed by atoms with E-state index in [-0.39, 0.29) is 23.5 Å². The number of hydrogen-bond acceptors (Lipinski definition) is 6. The third kappa shape index (κ3) is 5.76. The summed E-state index contributed by atoms with van der Waals surface area (Å²) in [5, 5.41) is 11.4. The zero-order chi connectivity index (χ0) is 22.3. The summed E-state index contributed by atoms with van der Waals surface area (Å²) in [6, 6.07) is 17.9. The molecule has 2 heterocycles. The van der Waals surface area contributed by atoms with E-state index in [2.05, 4.69) is 34.6 Å². The van der Waals surface area contributed by atoms with E-state index in [4.69, 9.17) is 4.42 Å². The summed E-state index contributed by atoms with van der Waals surface area (Å²) in [7, 11) is 0. The first-order valence-electron chi connectivity index (χ1n) is 10.7. The van der Waals surface area contributed by atoms with E-state index in [9.17, 15) is 9.59 Å². The third-order valence-electron chi connectivity index (χ3n) is 5.44. The number of thioether (sulfide) groups is 1. The Kier molecular flexibility index (Phi) is 7.21. The molecule has 32 heavy (non-hydrogen) atoms. The minimum Gasteiger partial charge on any atom is -0.416 e. The maximum atomic E-state index is 12.2. The van der Waals surface area contributed by atoms with Crippen molar-refractivity contribution in [2.24, 2.45) is 0 Å². The van der Waals surface area contributed by atoms with Gasteiger partial charge in [0, 0.05) is 31.6 Å². The zero-order valence-corrected chi connectivity index (χ0v) is 18.8. The number of anilines is 1. The fourth-order valence-electron chi connectivity index (χ4n) is 3.63. The maximum absolute atomic E-state index is 12.2. The molecule has 4 rings (SSSR count). The van der Waals surface area contributed by atoms with Gasteiger partial charge in [-0.1, -0.05) is 61.2 Å². The quantitative estimate of drug-likeness (QED) is 0.497. The number of amides is 2. The number of hydrogen-bond donors (Lipinski definition) is 1. The molecule has 166 valence electrons. The lowest BCUT2D eigenvalue weighted by Crippen LogP contribution is -2.25. The Labute approximate surface area is 191 Å². The van der Waals surface area contributed by atoms with Gasteiger partial charge in [-0.3, -0.25) is 9.59 Å². The molecule has 0 radical (unpaired) electrons. The Morgan fingerprint density at radius 2 is 1.94 bits per heavy atom. The minimum absolute atomic E-state index is 0.105. The molecule has 2 amide bonds. The van der Waals surface area contributed by atoms with Crippen LogP contribution in [0.15, 0.2) is 64.2 Å². The second kappa shape index (κ2) is 10.5. The van der Waals surface area contributed by atoms with E-state index in [0.717, 1.165) is 24.2 Å². The number of carbonyl (C=O) groups is 2. The number of carbonyl (C=O) groups excluding carboxylic acids is 2. The average Bonchev–Trinajstić information content (AvgIpc) is 3.46. The Morgan fingerprint density at radius 3 is 2.66 bits per heavy atom. The minimum atomic E-state index is -0.105. The Bertz CT molecular complexity index is 1050. The highest BCUT2D eigenvalue weighted by molar-refractivity contribution is 7.99. The van der Waals surface area contributed by atoms with Crippen molar-refractivity contribution < 1.29 is 14.0 Å². The van der Waals surface area contributed by atoms with Crippen LogP contribution in [0.4, 0.5) is 5.69 Å². The Morgan fingerprint density at radius 1 is 1.16 bits per heavy atom. The van der Waals surface area contributed by atoms with Crippen LogP contribution in [-0.4, -0.2) is 34.3 Å². The lowest BCUT2D eigenvalue weighted by Gasteiger charge is -2.16. The van der Waals surface area contributed by atoms with E-state index in [0.29, 0.717) is 30.5 Å². The summed E-state index contributed by atoms with van der Waals surface area (Å²) in [5.74, 6) is 1.11. The number of benzene rings is 2. The van der Waals surface area contributed by atoms with Gasteiger partial charge in [0.1, 0.15) is 0 Å². The van der Waals surface area contributed by atoms with Gasteiger partial charge in [-0.15, -0.1) is 10.2 Å². The normalized spacial score (nSPS) is 14.5. The number of nitrogens with zero attached hydrogens (tertiary/aromatic N) is 3. The largest absolute Gasteiger partial charge is 0.416 e. The molecule has 0 spiro atoms. The van der Waals surface area contributed by atoms with Crippen LogP contribution < -0.4 is 10.2 Å². The van der Waals surface area contributed by atoms with E-state index in [1.807, 2.05) is 42.5 Å². The predicted molar refractivity (Wildman–Crippen MR) is 123 cm³/mol. The van der Waals surface area contributed by atoms with Crippen molar-refractivity contribution in [3.05, 3.63) is 71.6 Å². The van der Waals surface area contributed by atoms with Gasteiger partial charge in [0.15, 0.2) is 0 Å². The molecule has 1 saturated heterocycles. The second-order valence-electron chi connectivity index (χ2n) is 7.86. The summed E-state index contributed by atoms with van der Waals surface area (Å²) < 4.78 is 5.69. The van der Waals surface area contributed by atoms with Gasteiger partial charge >= 0.3 is 0 Å². The fourth-order valence-corrected chi connectivity index (χ4v) is 4.24. The fraction of sp³-hybridized carbons (Fsp3) is 0.333. The molecule has 1 N–H and O–H groups in total. The first-order chi connectivity index (χ1) is 15.6. The molecule has 0 aliphatic carbocycles. The lowest BCUT2D eigenvalue weighted by molar-refractivity contribution is -0.119. The average molecular weight is 451 g/mol. The van der Waals surface area contributed by atoms with Gasteiger partial charge in [0.05, 0.1) is 5.75 Å². The lowest BCUT2D eigenvalue weighted by atomic mass is 9.98. The smallest absolute Gasteiger partial charge is 0.277 e. The van der Waals surface area contributed by atoms with Crippen LogP contribution in [0.2, 0.25) is 0 Å². The van der Waals surface area contributed by atoms with Crippen molar-refractivity contribution in [3.63, 3.8) is 0 Å². The number of rotatable bonds is 9. The topological polar surface area (TPSA) is 88.3 Å². The molecule has 7 nitrogen and oxygen atoms in total. The van der Waals surface area contributed by atoms with E-state index >= 15 is 0 Å². The molecule has 1 atom stereocenters. The molecule has 3 aromatic rings. The van der Waals surface area contributed by atoms with E-state index in [1.165, 1.54) is 17.3 Å². The van der Waals surface area contributed by atoms with Gasteiger partial charge in [-0.05, 0) is 35.6 Å². The monoisotopic (exact) mass is 450 g/mol. The number of aromatic nitrogens is 2. The number of nitrogens with one attached hydrogen (secondary N) is 1.